The summed E-state index contributed by atoms with van der Waals surface area (Å²) < 4.78 is 0. The van der Waals surface area contributed by atoms with Gasteiger partial charge in [-0.25, -0.2) is 4.98 Å². The molecule has 1 N–H and O–H groups in total. The Morgan fingerprint density at radius 2 is 1.61 bits per heavy atom. The molecule has 3 rings (SSSR count). The summed E-state index contributed by atoms with van der Waals surface area (Å²) in [4.78, 5) is 5.17. The molecular weight excluding hydrogens is 302 g/mol. The second-order valence-electron chi connectivity index (χ2n) is 6.22. The minimum atomic E-state index is 0.132. The van der Waals surface area contributed by atoms with Crippen molar-refractivity contribution in [3.8, 4) is 16.3 Å². The van der Waals surface area contributed by atoms with Gasteiger partial charge in [0.2, 0.25) is 5.88 Å². The zero-order valence-corrected chi connectivity index (χ0v) is 14.3. The molecule has 0 fully saturated rings. The molecular formula is C20H21NOS. The van der Waals surface area contributed by atoms with Gasteiger partial charge < -0.3 is 5.11 Å². The molecule has 0 bridgehead atoms. The summed E-state index contributed by atoms with van der Waals surface area (Å²) >= 11 is 1.56. The fraction of sp³-hybridized carbons (Fsp3) is 0.250. The third-order valence-electron chi connectivity index (χ3n) is 3.71. The minimum Gasteiger partial charge on any atom is -0.492 e. The van der Waals surface area contributed by atoms with Gasteiger partial charge in [0, 0.05) is 6.42 Å². The second kappa shape index (κ2) is 6.97. The molecule has 3 heteroatoms. The lowest BCUT2D eigenvalue weighted by atomic mass is 10.0. The fourth-order valence-corrected chi connectivity index (χ4v) is 3.64. The van der Waals surface area contributed by atoms with Gasteiger partial charge in [-0.1, -0.05) is 68.4 Å². The first kappa shape index (κ1) is 15.8. The number of nitrogens with zero attached hydrogens (tertiary/aromatic N) is 1. The molecule has 1 heterocycles. The van der Waals surface area contributed by atoms with Crippen LogP contribution in [0, 0.1) is 5.92 Å². The summed E-state index contributed by atoms with van der Waals surface area (Å²) in [6.07, 6.45) is 1.86. The Bertz CT molecular complexity index is 760. The van der Waals surface area contributed by atoms with Crippen LogP contribution in [0.25, 0.3) is 10.4 Å². The molecule has 0 saturated carbocycles. The summed E-state index contributed by atoms with van der Waals surface area (Å²) in [7, 11) is 0. The maximum Gasteiger partial charge on any atom is 0.230 e. The molecule has 0 aliphatic rings. The first-order chi connectivity index (χ1) is 11.1. The van der Waals surface area contributed by atoms with E-state index in [-0.39, 0.29) is 5.88 Å². The summed E-state index contributed by atoms with van der Waals surface area (Å²) in [5, 5.41) is 11.0. The Hall–Kier alpha value is -2.13. The first-order valence-electron chi connectivity index (χ1n) is 7.93. The quantitative estimate of drug-likeness (QED) is 0.690. The lowest BCUT2D eigenvalue weighted by molar-refractivity contribution is 0.458. The van der Waals surface area contributed by atoms with Gasteiger partial charge in [-0.2, -0.15) is 0 Å². The van der Waals surface area contributed by atoms with Gasteiger partial charge in [0.15, 0.2) is 0 Å². The van der Waals surface area contributed by atoms with Crippen LogP contribution in [0.15, 0.2) is 54.6 Å². The van der Waals surface area contributed by atoms with Crippen molar-refractivity contribution in [3.63, 3.8) is 0 Å². The third-order valence-corrected chi connectivity index (χ3v) is 4.81. The van der Waals surface area contributed by atoms with E-state index < -0.39 is 0 Å². The molecule has 0 amide bonds. The fourth-order valence-electron chi connectivity index (χ4n) is 2.65. The van der Waals surface area contributed by atoms with Crippen molar-refractivity contribution in [2.24, 2.45) is 5.92 Å². The number of hydrogen-bond acceptors (Lipinski definition) is 3. The van der Waals surface area contributed by atoms with Crippen LogP contribution < -0.4 is 0 Å². The van der Waals surface area contributed by atoms with Gasteiger partial charge in [-0.15, -0.1) is 11.3 Å². The normalized spacial score (nSPS) is 11.1. The van der Waals surface area contributed by atoms with Crippen LogP contribution in [0.5, 0.6) is 5.88 Å². The summed E-state index contributed by atoms with van der Waals surface area (Å²) in [6.45, 7) is 4.47. The SMILES string of the molecule is CC(C)Cc1ccc(Cc2nc(O)c(-c3ccccc3)s2)cc1. The van der Waals surface area contributed by atoms with Crippen LogP contribution in [-0.4, -0.2) is 10.1 Å². The molecule has 0 radical (unpaired) electrons. The smallest absolute Gasteiger partial charge is 0.230 e. The topological polar surface area (TPSA) is 33.1 Å². The summed E-state index contributed by atoms with van der Waals surface area (Å²) in [5.74, 6) is 0.804. The molecule has 0 unspecified atom stereocenters. The summed E-state index contributed by atoms with van der Waals surface area (Å²) in [5.41, 5.74) is 3.61. The monoisotopic (exact) mass is 323 g/mol. The van der Waals surface area contributed by atoms with E-state index in [1.54, 1.807) is 11.3 Å². The number of aromatic nitrogens is 1. The highest BCUT2D eigenvalue weighted by Crippen LogP contribution is 2.35. The maximum absolute atomic E-state index is 10.1. The third kappa shape index (κ3) is 3.99. The molecule has 2 nitrogen and oxygen atoms in total. The molecule has 23 heavy (non-hydrogen) atoms. The Labute approximate surface area is 141 Å². The number of hydrogen-bond donors (Lipinski definition) is 1. The van der Waals surface area contributed by atoms with E-state index in [0.29, 0.717) is 5.92 Å². The Balaban J connectivity index is 1.76. The molecule has 0 atom stereocenters. The van der Waals surface area contributed by atoms with E-state index in [1.165, 1.54) is 11.1 Å². The highest BCUT2D eigenvalue weighted by Gasteiger charge is 2.12. The van der Waals surface area contributed by atoms with Gasteiger partial charge in [0.1, 0.15) is 5.01 Å². The van der Waals surface area contributed by atoms with Crippen LogP contribution in [-0.2, 0) is 12.8 Å². The minimum absolute atomic E-state index is 0.132. The van der Waals surface area contributed by atoms with Crippen LogP contribution in [0.2, 0.25) is 0 Å². The van der Waals surface area contributed by atoms with Crippen molar-refractivity contribution in [1.29, 1.82) is 0 Å². The van der Waals surface area contributed by atoms with Crippen LogP contribution in [0.3, 0.4) is 0 Å². The van der Waals surface area contributed by atoms with Gasteiger partial charge in [0.05, 0.1) is 4.88 Å². The lowest BCUT2D eigenvalue weighted by Crippen LogP contribution is -1.94. The van der Waals surface area contributed by atoms with Crippen LogP contribution in [0.4, 0.5) is 0 Å². The van der Waals surface area contributed by atoms with E-state index in [4.69, 9.17) is 0 Å². The van der Waals surface area contributed by atoms with Crippen LogP contribution >= 0.6 is 11.3 Å². The van der Waals surface area contributed by atoms with Crippen molar-refractivity contribution in [3.05, 3.63) is 70.7 Å². The van der Waals surface area contributed by atoms with E-state index in [0.717, 1.165) is 28.3 Å². The average molecular weight is 323 g/mol. The summed E-state index contributed by atoms with van der Waals surface area (Å²) in [6, 6.07) is 18.6. The van der Waals surface area contributed by atoms with E-state index >= 15 is 0 Å². The Morgan fingerprint density at radius 3 is 2.26 bits per heavy atom. The van der Waals surface area contributed by atoms with E-state index in [9.17, 15) is 5.11 Å². The van der Waals surface area contributed by atoms with Gasteiger partial charge in [-0.05, 0) is 29.0 Å². The number of rotatable bonds is 5. The van der Waals surface area contributed by atoms with Crippen LogP contribution in [0.1, 0.15) is 30.0 Å². The van der Waals surface area contributed by atoms with Crippen molar-refractivity contribution in [1.82, 2.24) is 4.98 Å². The second-order valence-corrected chi connectivity index (χ2v) is 7.30. The highest BCUT2D eigenvalue weighted by atomic mass is 32.1. The molecule has 0 saturated heterocycles. The van der Waals surface area contributed by atoms with Crippen molar-refractivity contribution >= 4 is 11.3 Å². The molecule has 0 spiro atoms. The Kier molecular flexibility index (Phi) is 4.77. The number of aromatic hydroxyl groups is 1. The first-order valence-corrected chi connectivity index (χ1v) is 8.75. The van der Waals surface area contributed by atoms with E-state index in [1.807, 2.05) is 30.3 Å². The van der Waals surface area contributed by atoms with Crippen molar-refractivity contribution < 1.29 is 5.11 Å². The number of thiazole rings is 1. The standard InChI is InChI=1S/C20H21NOS/c1-14(2)12-15-8-10-16(11-9-15)13-18-21-20(22)19(23-18)17-6-4-3-5-7-17/h3-11,14,22H,12-13H2,1-2H3. The van der Waals surface area contributed by atoms with Gasteiger partial charge >= 0.3 is 0 Å². The van der Waals surface area contributed by atoms with Gasteiger partial charge in [0.25, 0.3) is 0 Å². The molecule has 1 aromatic heterocycles. The van der Waals surface area contributed by atoms with Crippen molar-refractivity contribution in [2.75, 3.05) is 0 Å². The molecule has 118 valence electrons. The molecule has 2 aromatic carbocycles. The largest absolute Gasteiger partial charge is 0.492 e. The lowest BCUT2D eigenvalue weighted by Gasteiger charge is -2.05. The Morgan fingerprint density at radius 1 is 0.957 bits per heavy atom. The number of benzene rings is 2. The van der Waals surface area contributed by atoms with Gasteiger partial charge in [-0.3, -0.25) is 0 Å². The molecule has 3 aromatic rings. The zero-order chi connectivity index (χ0) is 16.2. The predicted molar refractivity (Wildman–Crippen MR) is 97.0 cm³/mol. The predicted octanol–water partition coefficient (Wildman–Crippen LogP) is 5.31. The highest BCUT2D eigenvalue weighted by molar-refractivity contribution is 7.15. The maximum atomic E-state index is 10.1. The van der Waals surface area contributed by atoms with E-state index in [2.05, 4.69) is 43.1 Å². The molecule has 0 aliphatic carbocycles. The zero-order valence-electron chi connectivity index (χ0n) is 13.5. The average Bonchev–Trinajstić information content (AvgIpc) is 2.90. The molecule has 0 aliphatic heterocycles. The van der Waals surface area contributed by atoms with Crippen molar-refractivity contribution in [2.45, 2.75) is 26.7 Å².